The lowest BCUT2D eigenvalue weighted by molar-refractivity contribution is 0.0534. The van der Waals surface area contributed by atoms with Gasteiger partial charge in [-0.3, -0.25) is 4.79 Å². The van der Waals surface area contributed by atoms with Crippen LogP contribution in [0.2, 0.25) is 0 Å². The van der Waals surface area contributed by atoms with E-state index in [0.717, 1.165) is 22.6 Å². The molecule has 168 valence electrons. The minimum Gasteiger partial charge on any atom is -0.489 e. The number of fused-ring (bicyclic) bond motifs is 1. The van der Waals surface area contributed by atoms with Gasteiger partial charge in [-0.05, 0) is 62.6 Å². The van der Waals surface area contributed by atoms with E-state index in [1.165, 1.54) is 18.9 Å². The SMILES string of the molecule is Cc1cc(OCC2COc3ccccc3O2)cc(=O)n1C(C)c1ccc(C#CC2CC2)cc1. The first-order chi connectivity index (χ1) is 16.1. The molecule has 5 rings (SSSR count). The highest BCUT2D eigenvalue weighted by molar-refractivity contribution is 5.41. The second-order valence-corrected chi connectivity index (χ2v) is 8.69. The van der Waals surface area contributed by atoms with E-state index in [4.69, 9.17) is 14.2 Å². The third-order valence-electron chi connectivity index (χ3n) is 6.02. The first-order valence-corrected chi connectivity index (χ1v) is 11.4. The van der Waals surface area contributed by atoms with Gasteiger partial charge in [0.2, 0.25) is 0 Å². The average molecular weight is 442 g/mol. The molecule has 3 aromatic rings. The van der Waals surface area contributed by atoms with Crippen molar-refractivity contribution >= 4 is 0 Å². The molecule has 0 N–H and O–H groups in total. The summed E-state index contributed by atoms with van der Waals surface area (Å²) in [6, 6.07) is 19.1. The molecule has 2 heterocycles. The van der Waals surface area contributed by atoms with E-state index < -0.39 is 0 Å². The molecule has 33 heavy (non-hydrogen) atoms. The summed E-state index contributed by atoms with van der Waals surface area (Å²) in [4.78, 5) is 12.9. The zero-order valence-electron chi connectivity index (χ0n) is 18.9. The Morgan fingerprint density at radius 1 is 1.09 bits per heavy atom. The zero-order valence-corrected chi connectivity index (χ0v) is 18.9. The normalized spacial score (nSPS) is 17.6. The van der Waals surface area contributed by atoms with Gasteiger partial charge in [0, 0.05) is 23.2 Å². The molecule has 5 heteroatoms. The van der Waals surface area contributed by atoms with Crippen LogP contribution in [0.3, 0.4) is 0 Å². The lowest BCUT2D eigenvalue weighted by Crippen LogP contribution is -2.34. The number of ether oxygens (including phenoxy) is 3. The van der Waals surface area contributed by atoms with Crippen LogP contribution in [-0.2, 0) is 0 Å². The van der Waals surface area contributed by atoms with Crippen molar-refractivity contribution in [2.75, 3.05) is 13.2 Å². The summed E-state index contributed by atoms with van der Waals surface area (Å²) in [6.45, 7) is 4.67. The number of aryl methyl sites for hydroxylation is 1. The summed E-state index contributed by atoms with van der Waals surface area (Å²) in [5, 5.41) is 0. The Balaban J connectivity index is 1.25. The van der Waals surface area contributed by atoms with Gasteiger partial charge in [0.1, 0.15) is 19.0 Å². The van der Waals surface area contributed by atoms with Crippen LogP contribution >= 0.6 is 0 Å². The van der Waals surface area contributed by atoms with Crippen LogP contribution in [0.1, 0.15) is 42.6 Å². The number of aromatic nitrogens is 1. The first kappa shape index (κ1) is 21.2. The summed E-state index contributed by atoms with van der Waals surface area (Å²) in [5.74, 6) is 9.09. The van der Waals surface area contributed by atoms with Crippen molar-refractivity contribution in [2.24, 2.45) is 5.92 Å². The molecule has 5 nitrogen and oxygen atoms in total. The molecule has 1 aromatic heterocycles. The predicted molar refractivity (Wildman–Crippen MR) is 127 cm³/mol. The van der Waals surface area contributed by atoms with E-state index in [0.29, 0.717) is 30.6 Å². The van der Waals surface area contributed by atoms with Crippen molar-refractivity contribution in [3.63, 3.8) is 0 Å². The van der Waals surface area contributed by atoms with E-state index in [-0.39, 0.29) is 17.7 Å². The quantitative estimate of drug-likeness (QED) is 0.537. The zero-order chi connectivity index (χ0) is 22.8. The lowest BCUT2D eigenvalue weighted by Gasteiger charge is -2.26. The molecular weight excluding hydrogens is 414 g/mol. The molecule has 2 aromatic carbocycles. The third-order valence-corrected chi connectivity index (χ3v) is 6.02. The van der Waals surface area contributed by atoms with Crippen molar-refractivity contribution in [2.45, 2.75) is 38.8 Å². The number of hydrogen-bond donors (Lipinski definition) is 0. The smallest absolute Gasteiger partial charge is 0.254 e. The minimum atomic E-state index is -0.233. The number of nitrogens with zero attached hydrogens (tertiary/aromatic N) is 1. The van der Waals surface area contributed by atoms with Crippen LogP contribution in [0.4, 0.5) is 0 Å². The van der Waals surface area contributed by atoms with Gasteiger partial charge in [-0.15, -0.1) is 0 Å². The van der Waals surface area contributed by atoms with Crippen LogP contribution in [0.15, 0.2) is 65.5 Å². The molecule has 2 atom stereocenters. The second-order valence-electron chi connectivity index (χ2n) is 8.69. The highest BCUT2D eigenvalue weighted by atomic mass is 16.6. The highest BCUT2D eigenvalue weighted by Crippen LogP contribution is 2.31. The van der Waals surface area contributed by atoms with Crippen LogP contribution < -0.4 is 19.8 Å². The fourth-order valence-corrected chi connectivity index (χ4v) is 4.00. The van der Waals surface area contributed by atoms with Gasteiger partial charge < -0.3 is 18.8 Å². The fraction of sp³-hybridized carbons (Fsp3) is 0.321. The highest BCUT2D eigenvalue weighted by Gasteiger charge is 2.22. The monoisotopic (exact) mass is 441 g/mol. The van der Waals surface area contributed by atoms with Gasteiger partial charge in [0.05, 0.1) is 6.04 Å². The molecule has 0 bridgehead atoms. The van der Waals surface area contributed by atoms with Gasteiger partial charge in [0.15, 0.2) is 17.6 Å². The van der Waals surface area contributed by atoms with E-state index in [2.05, 4.69) is 24.0 Å². The number of benzene rings is 2. The molecule has 1 fully saturated rings. The van der Waals surface area contributed by atoms with Crippen LogP contribution in [0.25, 0.3) is 0 Å². The minimum absolute atomic E-state index is 0.0939. The Morgan fingerprint density at radius 2 is 1.85 bits per heavy atom. The molecule has 1 aliphatic carbocycles. The van der Waals surface area contributed by atoms with E-state index in [1.54, 1.807) is 4.57 Å². The largest absolute Gasteiger partial charge is 0.489 e. The standard InChI is InChI=1S/C28H27NO4/c1-19-15-24(31-17-25-18-32-26-5-3-4-6-27(26)33-25)16-28(30)29(19)20(2)23-13-11-22(12-14-23)10-9-21-7-8-21/h3-6,11-16,20-21,25H,7-8,17-18H2,1-2H3. The number of hydrogen-bond acceptors (Lipinski definition) is 4. The summed E-state index contributed by atoms with van der Waals surface area (Å²) < 4.78 is 19.3. The summed E-state index contributed by atoms with van der Waals surface area (Å²) in [5.41, 5.74) is 2.83. The predicted octanol–water partition coefficient (Wildman–Crippen LogP) is 4.75. The van der Waals surface area contributed by atoms with Crippen molar-refractivity contribution in [3.05, 3.63) is 87.8 Å². The Labute approximate surface area is 193 Å². The third kappa shape index (κ3) is 4.90. The lowest BCUT2D eigenvalue weighted by atomic mass is 10.1. The van der Waals surface area contributed by atoms with Gasteiger partial charge in [-0.1, -0.05) is 36.1 Å². The van der Waals surface area contributed by atoms with Crippen molar-refractivity contribution in [1.29, 1.82) is 0 Å². The maximum atomic E-state index is 12.9. The number of rotatable bonds is 5. The second kappa shape index (κ2) is 9.07. The molecule has 0 radical (unpaired) electrons. The van der Waals surface area contributed by atoms with Crippen molar-refractivity contribution in [1.82, 2.24) is 4.57 Å². The van der Waals surface area contributed by atoms with Crippen LogP contribution in [0.5, 0.6) is 17.2 Å². The molecule has 1 aliphatic heterocycles. The van der Waals surface area contributed by atoms with Crippen molar-refractivity contribution in [3.8, 4) is 29.1 Å². The summed E-state index contributed by atoms with van der Waals surface area (Å²) in [7, 11) is 0. The Bertz CT molecular complexity index is 1260. The van der Waals surface area contributed by atoms with E-state index in [9.17, 15) is 4.79 Å². The van der Waals surface area contributed by atoms with Crippen LogP contribution in [-0.4, -0.2) is 23.9 Å². The van der Waals surface area contributed by atoms with E-state index >= 15 is 0 Å². The molecule has 1 saturated carbocycles. The molecule has 0 spiro atoms. The number of para-hydroxylation sites is 2. The topological polar surface area (TPSA) is 49.7 Å². The molecular formula is C28H27NO4. The Hall–Kier alpha value is -3.65. The molecule has 0 amide bonds. The maximum Gasteiger partial charge on any atom is 0.254 e. The first-order valence-electron chi connectivity index (χ1n) is 11.4. The van der Waals surface area contributed by atoms with E-state index in [1.807, 2.05) is 56.3 Å². The Morgan fingerprint density at radius 3 is 2.58 bits per heavy atom. The average Bonchev–Trinajstić information content (AvgIpc) is 3.66. The van der Waals surface area contributed by atoms with Gasteiger partial charge in [0.25, 0.3) is 5.56 Å². The van der Waals surface area contributed by atoms with Crippen LogP contribution in [0, 0.1) is 24.7 Å². The fourth-order valence-electron chi connectivity index (χ4n) is 4.00. The Kier molecular flexibility index (Phi) is 5.83. The molecule has 2 unspecified atom stereocenters. The van der Waals surface area contributed by atoms with Gasteiger partial charge in [-0.25, -0.2) is 0 Å². The molecule has 2 aliphatic rings. The van der Waals surface area contributed by atoms with Crippen molar-refractivity contribution < 1.29 is 14.2 Å². The summed E-state index contributed by atoms with van der Waals surface area (Å²) >= 11 is 0. The molecule has 0 saturated heterocycles. The number of pyridine rings is 1. The van der Waals surface area contributed by atoms with Gasteiger partial charge in [-0.2, -0.15) is 0 Å². The summed E-state index contributed by atoms with van der Waals surface area (Å²) in [6.07, 6.45) is 2.21. The van der Waals surface area contributed by atoms with Gasteiger partial charge >= 0.3 is 0 Å². The maximum absolute atomic E-state index is 12.9.